The molecule has 6 N–H and O–H groups in total. The normalized spacial score (nSPS) is 13.3. The van der Waals surface area contributed by atoms with Gasteiger partial charge < -0.3 is 30.0 Å². The first-order valence-corrected chi connectivity index (χ1v) is 18.3. The first kappa shape index (κ1) is 48.2. The summed E-state index contributed by atoms with van der Waals surface area (Å²) in [5, 5.41) is 26.6. The van der Waals surface area contributed by atoms with Crippen molar-refractivity contribution in [3.63, 3.8) is 0 Å². The molecule has 0 aromatic heterocycles. The second kappa shape index (κ2) is 38.3. The zero-order valence-corrected chi connectivity index (χ0v) is 30.2. The third kappa shape index (κ3) is 72.0. The Balaban J connectivity index is -0.000000227. The lowest BCUT2D eigenvalue weighted by atomic mass is 10.0. The van der Waals surface area contributed by atoms with Crippen LogP contribution in [0.3, 0.4) is 0 Å². The Morgan fingerprint density at radius 2 is 0.525 bits per heavy atom. The van der Waals surface area contributed by atoms with Crippen molar-refractivity contribution in [2.24, 2.45) is 17.8 Å². The lowest BCUT2D eigenvalue weighted by Crippen LogP contribution is -1.95. The van der Waals surface area contributed by atoms with Crippen LogP contribution < -0.4 is 0 Å². The largest absolute Gasteiger partial charge is 0.383 e. The summed E-state index contributed by atoms with van der Waals surface area (Å²) in [6.45, 7) is 13.6. The Kier molecular flexibility index (Phi) is 46.1. The standard InChI is InChI=1S/3C10H22OS.H3O3P/c3*1-9(2)7-5-3-4-6-8-10(11)12;1-4(2)3/h3*9-12H,3-8H2,1-2H3;1-3H. The molecule has 0 bridgehead atoms. The first-order valence-electron chi connectivity index (χ1n) is 15.6. The Bertz CT molecular complexity index is 348. The predicted octanol–water partition coefficient (Wildman–Crippen LogP) is 8.88. The van der Waals surface area contributed by atoms with Crippen LogP contribution in [0.2, 0.25) is 0 Å². The lowest BCUT2D eigenvalue weighted by Gasteiger charge is -2.05. The van der Waals surface area contributed by atoms with Crippen molar-refractivity contribution in [1.29, 1.82) is 0 Å². The van der Waals surface area contributed by atoms with Crippen molar-refractivity contribution in [2.75, 3.05) is 0 Å². The van der Waals surface area contributed by atoms with E-state index >= 15 is 0 Å². The van der Waals surface area contributed by atoms with Crippen molar-refractivity contribution < 1.29 is 30.0 Å². The molecule has 0 aliphatic rings. The molecule has 6 nitrogen and oxygen atoms in total. The van der Waals surface area contributed by atoms with Crippen LogP contribution in [-0.4, -0.2) is 46.3 Å². The van der Waals surface area contributed by atoms with E-state index in [1.807, 2.05) is 0 Å². The monoisotopic (exact) mass is 652 g/mol. The van der Waals surface area contributed by atoms with Gasteiger partial charge >= 0.3 is 8.60 Å². The molecule has 0 aliphatic heterocycles. The van der Waals surface area contributed by atoms with Crippen LogP contribution in [0.15, 0.2) is 0 Å². The first-order chi connectivity index (χ1) is 18.6. The smallest absolute Gasteiger partial charge is 0.324 e. The number of rotatable bonds is 21. The quantitative estimate of drug-likeness (QED) is 0.0264. The topological polar surface area (TPSA) is 121 Å². The Labute approximate surface area is 266 Å². The summed E-state index contributed by atoms with van der Waals surface area (Å²) < 4.78 is 0. The average molecular weight is 653 g/mol. The van der Waals surface area contributed by atoms with Gasteiger partial charge in [0.25, 0.3) is 0 Å². The highest BCUT2D eigenvalue weighted by molar-refractivity contribution is 7.81. The maximum absolute atomic E-state index is 8.86. The van der Waals surface area contributed by atoms with E-state index in [1.54, 1.807) is 0 Å². The lowest BCUT2D eigenvalue weighted by molar-refractivity contribution is 0.249. The van der Waals surface area contributed by atoms with Crippen LogP contribution in [0.25, 0.3) is 0 Å². The van der Waals surface area contributed by atoms with Gasteiger partial charge in [-0.2, -0.15) is 0 Å². The molecular formula is C30H69O6PS3. The molecule has 0 heterocycles. The molecule has 0 saturated heterocycles. The minimum absolute atomic E-state index is 0.407. The Hall–Kier alpha value is 1.24. The summed E-state index contributed by atoms with van der Waals surface area (Å²) >= 11 is 11.7. The molecule has 0 amide bonds. The molecule has 0 spiro atoms. The van der Waals surface area contributed by atoms with Gasteiger partial charge in [-0.3, -0.25) is 0 Å². The van der Waals surface area contributed by atoms with Crippen LogP contribution in [0.5, 0.6) is 0 Å². The molecule has 40 heavy (non-hydrogen) atoms. The predicted molar refractivity (Wildman–Crippen MR) is 186 cm³/mol. The fourth-order valence-corrected chi connectivity index (χ4v) is 4.25. The van der Waals surface area contributed by atoms with Crippen LogP contribution in [-0.2, 0) is 0 Å². The van der Waals surface area contributed by atoms with Gasteiger partial charge in [-0.25, -0.2) is 0 Å². The number of hydrogen-bond donors (Lipinski definition) is 9. The van der Waals surface area contributed by atoms with Crippen molar-refractivity contribution in [1.82, 2.24) is 0 Å². The highest BCUT2D eigenvalue weighted by Gasteiger charge is 1.99. The third-order valence-corrected chi connectivity index (χ3v) is 6.76. The summed E-state index contributed by atoms with van der Waals surface area (Å²) in [7, 11) is -2.62. The fraction of sp³-hybridized carbons (Fsp3) is 1.00. The van der Waals surface area contributed by atoms with Crippen molar-refractivity contribution in [3.8, 4) is 0 Å². The van der Waals surface area contributed by atoms with Crippen molar-refractivity contribution in [3.05, 3.63) is 0 Å². The number of hydrogen-bond acceptors (Lipinski definition) is 9. The summed E-state index contributed by atoms with van der Waals surface area (Å²) in [6.07, 6.45) is 21.5. The average Bonchev–Trinajstić information content (AvgIpc) is 2.80. The Morgan fingerprint density at radius 3 is 0.650 bits per heavy atom. The molecule has 0 fully saturated rings. The fourth-order valence-electron chi connectivity index (χ4n) is 3.70. The number of aliphatic hydroxyl groups excluding tert-OH is 3. The molecule has 10 heteroatoms. The van der Waals surface area contributed by atoms with Crippen LogP contribution >= 0.6 is 46.5 Å². The van der Waals surface area contributed by atoms with E-state index in [0.29, 0.717) is 0 Å². The van der Waals surface area contributed by atoms with E-state index < -0.39 is 24.9 Å². The van der Waals surface area contributed by atoms with Gasteiger partial charge in [-0.1, -0.05) is 138 Å². The summed E-state index contributed by atoms with van der Waals surface area (Å²) in [5.41, 5.74) is -1.22. The molecule has 0 aromatic rings. The highest BCUT2D eigenvalue weighted by Crippen LogP contribution is 2.14. The second-order valence-electron chi connectivity index (χ2n) is 11.9. The number of thiol groups is 3. The van der Waals surface area contributed by atoms with Crippen molar-refractivity contribution >= 4 is 46.5 Å². The van der Waals surface area contributed by atoms with Crippen LogP contribution in [0, 0.1) is 17.8 Å². The van der Waals surface area contributed by atoms with Gasteiger partial charge in [0.2, 0.25) is 0 Å². The molecule has 0 rings (SSSR count). The number of unbranched alkanes of at least 4 members (excludes halogenated alkanes) is 9. The third-order valence-electron chi connectivity index (χ3n) is 5.98. The van der Waals surface area contributed by atoms with Crippen LogP contribution in [0.4, 0.5) is 0 Å². The SMILES string of the molecule is CC(C)CCCCCCC(O)S.CC(C)CCCCCCC(O)S.CC(C)CCCCCCC(O)S.OP(O)O. The Morgan fingerprint density at radius 1 is 0.375 bits per heavy atom. The van der Waals surface area contributed by atoms with E-state index in [9.17, 15) is 0 Å². The van der Waals surface area contributed by atoms with Gasteiger partial charge in [0.1, 0.15) is 0 Å². The van der Waals surface area contributed by atoms with E-state index in [-0.39, 0.29) is 0 Å². The summed E-state index contributed by atoms with van der Waals surface area (Å²) in [6, 6.07) is 0. The zero-order chi connectivity index (χ0) is 31.8. The van der Waals surface area contributed by atoms with E-state index in [2.05, 4.69) is 79.4 Å². The summed E-state index contributed by atoms with van der Waals surface area (Å²) in [5.74, 6) is 2.50. The molecule has 3 unspecified atom stereocenters. The van der Waals surface area contributed by atoms with E-state index in [0.717, 1.165) is 56.3 Å². The highest BCUT2D eigenvalue weighted by atomic mass is 32.1. The second-order valence-corrected chi connectivity index (χ2v) is 14.2. The molecule has 0 aromatic carbocycles. The van der Waals surface area contributed by atoms with Gasteiger partial charge in [0.05, 0.1) is 16.3 Å². The van der Waals surface area contributed by atoms with Crippen molar-refractivity contribution in [2.45, 2.75) is 173 Å². The maximum atomic E-state index is 8.86. The molecule has 0 radical (unpaired) electrons. The number of aliphatic hydroxyl groups is 3. The van der Waals surface area contributed by atoms with Crippen LogP contribution in [0.1, 0.15) is 157 Å². The van der Waals surface area contributed by atoms with Gasteiger partial charge in [0.15, 0.2) is 0 Å². The molecular weight excluding hydrogens is 583 g/mol. The van der Waals surface area contributed by atoms with E-state index in [4.69, 9.17) is 30.0 Å². The molecule has 248 valence electrons. The minimum atomic E-state index is -2.62. The molecule has 0 saturated carbocycles. The molecule has 3 atom stereocenters. The van der Waals surface area contributed by atoms with Gasteiger partial charge in [-0.15, -0.1) is 37.9 Å². The minimum Gasteiger partial charge on any atom is -0.383 e. The zero-order valence-electron chi connectivity index (χ0n) is 26.7. The van der Waals surface area contributed by atoms with Gasteiger partial charge in [-0.05, 0) is 37.0 Å². The summed E-state index contributed by atoms with van der Waals surface area (Å²) in [4.78, 5) is 21.7. The van der Waals surface area contributed by atoms with Gasteiger partial charge in [0, 0.05) is 0 Å². The van der Waals surface area contributed by atoms with E-state index in [1.165, 1.54) is 77.0 Å². The molecule has 0 aliphatic carbocycles. The maximum Gasteiger partial charge on any atom is 0.324 e.